The number of nitrogens with one attached hydrogen (secondary N) is 1. The molecule has 0 spiro atoms. The predicted octanol–water partition coefficient (Wildman–Crippen LogP) is -0.0509. The quantitative estimate of drug-likeness (QED) is 0.710. The minimum Gasteiger partial charge on any atom is -0.370 e. The van der Waals surface area contributed by atoms with Crippen molar-refractivity contribution in [3.8, 4) is 0 Å². The lowest BCUT2D eigenvalue weighted by atomic mass is 10.0. The molecule has 1 heterocycles. The van der Waals surface area contributed by atoms with Gasteiger partial charge >= 0.3 is 0 Å². The lowest BCUT2D eigenvalue weighted by Crippen LogP contribution is -2.57. The Bertz CT molecular complexity index is 268. The molecule has 100 valence electrons. The van der Waals surface area contributed by atoms with Crippen LogP contribution in [0.3, 0.4) is 0 Å². The van der Waals surface area contributed by atoms with Crippen LogP contribution in [0.15, 0.2) is 0 Å². The molecule has 0 aromatic heterocycles. The van der Waals surface area contributed by atoms with Crippen LogP contribution in [0.25, 0.3) is 0 Å². The van der Waals surface area contributed by atoms with Gasteiger partial charge < -0.3 is 15.8 Å². The van der Waals surface area contributed by atoms with Crippen molar-refractivity contribution in [1.29, 1.82) is 0 Å². The van der Waals surface area contributed by atoms with E-state index in [1.807, 2.05) is 6.92 Å². The van der Waals surface area contributed by atoms with Crippen LogP contribution in [-0.2, 0) is 9.53 Å². The second kappa shape index (κ2) is 5.80. The molecule has 1 aliphatic heterocycles. The lowest BCUT2D eigenvalue weighted by Gasteiger charge is -2.42. The fourth-order valence-electron chi connectivity index (χ4n) is 2.48. The number of nitrogens with zero attached hydrogens (tertiary/aromatic N) is 1. The van der Waals surface area contributed by atoms with Crippen molar-refractivity contribution < 1.29 is 9.53 Å². The minimum atomic E-state index is -0.288. The first-order chi connectivity index (χ1) is 7.84. The number of nitrogens with two attached hydrogens (primary N) is 1. The maximum atomic E-state index is 11.3. The molecule has 5 nitrogen and oxygen atoms in total. The number of hydrogen-bond acceptors (Lipinski definition) is 4. The molecule has 1 amide bonds. The van der Waals surface area contributed by atoms with E-state index in [4.69, 9.17) is 10.5 Å². The topological polar surface area (TPSA) is 67.6 Å². The van der Waals surface area contributed by atoms with Crippen molar-refractivity contribution >= 4 is 5.91 Å². The highest BCUT2D eigenvalue weighted by atomic mass is 16.5. The Morgan fingerprint density at radius 1 is 1.65 bits per heavy atom. The summed E-state index contributed by atoms with van der Waals surface area (Å²) in [4.78, 5) is 13.6. The molecule has 1 aliphatic rings. The molecule has 2 atom stereocenters. The van der Waals surface area contributed by atoms with E-state index in [0.717, 1.165) is 19.6 Å². The molecule has 0 aromatic carbocycles. The zero-order valence-corrected chi connectivity index (χ0v) is 11.3. The molecule has 5 heteroatoms. The Morgan fingerprint density at radius 3 is 2.76 bits per heavy atom. The molecular formula is C12H25N3O2. The van der Waals surface area contributed by atoms with Crippen molar-refractivity contribution in [3.63, 3.8) is 0 Å². The van der Waals surface area contributed by atoms with Crippen LogP contribution in [0.1, 0.15) is 27.7 Å². The number of morpholine rings is 1. The highest BCUT2D eigenvalue weighted by molar-refractivity contribution is 5.80. The number of primary amides is 1. The molecule has 1 fully saturated rings. The summed E-state index contributed by atoms with van der Waals surface area (Å²) in [5.74, 6) is -0.288. The van der Waals surface area contributed by atoms with Crippen molar-refractivity contribution in [2.24, 2.45) is 5.73 Å². The smallest absolute Gasteiger partial charge is 0.235 e. The zero-order valence-electron chi connectivity index (χ0n) is 11.3. The van der Waals surface area contributed by atoms with Gasteiger partial charge in [0, 0.05) is 19.6 Å². The third kappa shape index (κ3) is 4.61. The van der Waals surface area contributed by atoms with E-state index in [0.29, 0.717) is 6.54 Å². The number of amides is 1. The van der Waals surface area contributed by atoms with Crippen molar-refractivity contribution in [3.05, 3.63) is 0 Å². The van der Waals surface area contributed by atoms with Gasteiger partial charge in [-0.25, -0.2) is 0 Å². The summed E-state index contributed by atoms with van der Waals surface area (Å²) in [5, 5.41) is 3.11. The third-order valence-electron chi connectivity index (χ3n) is 2.87. The summed E-state index contributed by atoms with van der Waals surface area (Å²) in [6.07, 6.45) is 0.189. The summed E-state index contributed by atoms with van der Waals surface area (Å²) in [6.45, 7) is 11.2. The van der Waals surface area contributed by atoms with Gasteiger partial charge in [-0.15, -0.1) is 0 Å². The molecular weight excluding hydrogens is 218 g/mol. The zero-order chi connectivity index (χ0) is 13.1. The number of rotatable bonds is 5. The highest BCUT2D eigenvalue weighted by Crippen LogP contribution is 2.20. The van der Waals surface area contributed by atoms with Gasteiger partial charge in [0.15, 0.2) is 0 Å². The van der Waals surface area contributed by atoms with Gasteiger partial charge in [-0.1, -0.05) is 6.92 Å². The summed E-state index contributed by atoms with van der Waals surface area (Å²) >= 11 is 0. The van der Waals surface area contributed by atoms with Crippen LogP contribution >= 0.6 is 0 Å². The first-order valence-electron chi connectivity index (χ1n) is 6.27. The average Bonchev–Trinajstić information content (AvgIpc) is 2.13. The van der Waals surface area contributed by atoms with E-state index in [1.165, 1.54) is 0 Å². The van der Waals surface area contributed by atoms with Gasteiger partial charge in [-0.3, -0.25) is 9.69 Å². The lowest BCUT2D eigenvalue weighted by molar-refractivity contribution is -0.134. The molecule has 0 aliphatic carbocycles. The van der Waals surface area contributed by atoms with E-state index in [-0.39, 0.29) is 23.7 Å². The molecule has 1 rings (SSSR count). The maximum absolute atomic E-state index is 11.3. The van der Waals surface area contributed by atoms with Crippen LogP contribution < -0.4 is 11.1 Å². The van der Waals surface area contributed by atoms with Crippen LogP contribution in [0, 0.1) is 0 Å². The fraction of sp³-hybridized carbons (Fsp3) is 0.917. The second-order valence-corrected chi connectivity index (χ2v) is 5.39. The standard InChI is InChI=1S/C12H25N3O2/c1-5-14-10(11(13)16)7-15-6-9(2)17-12(3,4)8-15/h9-10,14H,5-8H2,1-4H3,(H2,13,16). The number of carbonyl (C=O) groups is 1. The highest BCUT2D eigenvalue weighted by Gasteiger charge is 2.32. The summed E-state index contributed by atoms with van der Waals surface area (Å²) < 4.78 is 5.83. The van der Waals surface area contributed by atoms with Gasteiger partial charge in [0.1, 0.15) is 0 Å². The number of ether oxygens (including phenoxy) is 1. The third-order valence-corrected chi connectivity index (χ3v) is 2.87. The molecule has 0 bridgehead atoms. The normalized spacial score (nSPS) is 26.7. The van der Waals surface area contributed by atoms with Gasteiger partial charge in [0.2, 0.25) is 5.91 Å². The first-order valence-corrected chi connectivity index (χ1v) is 6.27. The second-order valence-electron chi connectivity index (χ2n) is 5.39. The molecule has 0 radical (unpaired) electrons. The summed E-state index contributed by atoms with van der Waals surface area (Å²) in [7, 11) is 0. The number of likely N-dealkylation sites (N-methyl/N-ethyl adjacent to an activating group) is 1. The van der Waals surface area contributed by atoms with Gasteiger partial charge in [0.25, 0.3) is 0 Å². The van der Waals surface area contributed by atoms with Gasteiger partial charge in [-0.2, -0.15) is 0 Å². The van der Waals surface area contributed by atoms with Gasteiger partial charge in [0.05, 0.1) is 17.7 Å². The van der Waals surface area contributed by atoms with Crippen LogP contribution in [-0.4, -0.2) is 54.7 Å². The Hall–Kier alpha value is -0.650. The van der Waals surface area contributed by atoms with E-state index in [2.05, 4.69) is 31.0 Å². The number of hydrogen-bond donors (Lipinski definition) is 2. The molecule has 3 N–H and O–H groups in total. The van der Waals surface area contributed by atoms with E-state index >= 15 is 0 Å². The maximum Gasteiger partial charge on any atom is 0.235 e. The summed E-state index contributed by atoms with van der Waals surface area (Å²) in [6, 6.07) is -0.277. The average molecular weight is 243 g/mol. The van der Waals surface area contributed by atoms with E-state index < -0.39 is 0 Å². The largest absolute Gasteiger partial charge is 0.370 e. The van der Waals surface area contributed by atoms with Gasteiger partial charge in [-0.05, 0) is 27.3 Å². The van der Waals surface area contributed by atoms with Crippen LogP contribution in [0.5, 0.6) is 0 Å². The molecule has 0 saturated carbocycles. The first kappa shape index (κ1) is 14.4. The minimum absolute atomic E-state index is 0.161. The number of carbonyl (C=O) groups excluding carboxylic acids is 1. The van der Waals surface area contributed by atoms with E-state index in [9.17, 15) is 4.79 Å². The van der Waals surface area contributed by atoms with Crippen LogP contribution in [0.2, 0.25) is 0 Å². The van der Waals surface area contributed by atoms with Crippen molar-refractivity contribution in [2.75, 3.05) is 26.2 Å². The molecule has 17 heavy (non-hydrogen) atoms. The Morgan fingerprint density at radius 2 is 2.29 bits per heavy atom. The Labute approximate surface area is 104 Å². The van der Waals surface area contributed by atoms with Crippen LogP contribution in [0.4, 0.5) is 0 Å². The Balaban J connectivity index is 2.57. The molecule has 2 unspecified atom stereocenters. The molecule has 0 aromatic rings. The Kier molecular flexibility index (Phi) is 4.91. The SMILES string of the molecule is CCNC(CN1CC(C)OC(C)(C)C1)C(N)=O. The monoisotopic (exact) mass is 243 g/mol. The van der Waals surface area contributed by atoms with Crippen molar-refractivity contribution in [1.82, 2.24) is 10.2 Å². The molecule has 1 saturated heterocycles. The summed E-state index contributed by atoms with van der Waals surface area (Å²) in [5.41, 5.74) is 5.22. The van der Waals surface area contributed by atoms with E-state index in [1.54, 1.807) is 0 Å². The predicted molar refractivity (Wildman–Crippen MR) is 67.7 cm³/mol. The van der Waals surface area contributed by atoms with Crippen molar-refractivity contribution in [2.45, 2.75) is 45.4 Å². The fourth-order valence-corrected chi connectivity index (χ4v) is 2.48.